The molecule has 11 rings (SSSR count). The van der Waals surface area contributed by atoms with Crippen LogP contribution in [0.2, 0.25) is 0 Å². The molecule has 0 N–H and O–H groups in total. The minimum Gasteiger partial charge on any atom is -0.309 e. The van der Waals surface area contributed by atoms with Gasteiger partial charge in [0.05, 0.1) is 27.8 Å². The highest BCUT2D eigenvalue weighted by Gasteiger charge is 2.18. The highest BCUT2D eigenvalue weighted by atomic mass is 32.1. The number of benzene rings is 7. The molecule has 51 heavy (non-hydrogen) atoms. The van der Waals surface area contributed by atoms with E-state index in [1.807, 2.05) is 11.3 Å². The summed E-state index contributed by atoms with van der Waals surface area (Å²) in [6, 6.07) is 58.9. The zero-order chi connectivity index (χ0) is 33.5. The lowest BCUT2D eigenvalue weighted by atomic mass is 10.00. The van der Waals surface area contributed by atoms with Gasteiger partial charge in [-0.2, -0.15) is 0 Å². The van der Waals surface area contributed by atoms with E-state index in [0.717, 1.165) is 33.8 Å². The number of aromatic nitrogens is 4. The molecule has 7 aromatic carbocycles. The Morgan fingerprint density at radius 2 is 1.02 bits per heavy atom. The SMILES string of the molecule is c1cc(-c2cc(-n3c4ccccc4c4cc(-n5c6ccccc6c6ccccc65)ccc43)ncn2)cc(-c2cccc3c2sc2ccccc23)c1. The van der Waals surface area contributed by atoms with Crippen molar-refractivity contribution < 1.29 is 0 Å². The van der Waals surface area contributed by atoms with E-state index in [2.05, 4.69) is 173 Å². The summed E-state index contributed by atoms with van der Waals surface area (Å²) in [5.74, 6) is 0.841. The zero-order valence-corrected chi connectivity index (χ0v) is 28.2. The van der Waals surface area contributed by atoms with Crippen molar-refractivity contribution in [1.29, 1.82) is 0 Å². The minimum atomic E-state index is 0.841. The van der Waals surface area contributed by atoms with Gasteiger partial charge in [0.25, 0.3) is 0 Å². The maximum absolute atomic E-state index is 4.86. The Labute approximate surface area is 297 Å². The highest BCUT2D eigenvalue weighted by Crippen LogP contribution is 2.41. The van der Waals surface area contributed by atoms with Gasteiger partial charge < -0.3 is 4.57 Å². The lowest BCUT2D eigenvalue weighted by molar-refractivity contribution is 1.04. The average molecular weight is 669 g/mol. The molecule has 0 aliphatic carbocycles. The molecule has 4 nitrogen and oxygen atoms in total. The van der Waals surface area contributed by atoms with E-state index >= 15 is 0 Å². The molecule has 0 saturated heterocycles. The van der Waals surface area contributed by atoms with E-state index in [1.165, 1.54) is 63.9 Å². The number of nitrogens with zero attached hydrogens (tertiary/aromatic N) is 4. The van der Waals surface area contributed by atoms with Crippen LogP contribution < -0.4 is 0 Å². The van der Waals surface area contributed by atoms with Crippen molar-refractivity contribution in [3.8, 4) is 33.9 Å². The fourth-order valence-corrected chi connectivity index (χ4v) is 9.23. The van der Waals surface area contributed by atoms with Crippen LogP contribution in [0, 0.1) is 0 Å². The van der Waals surface area contributed by atoms with Gasteiger partial charge in [-0.15, -0.1) is 11.3 Å². The molecule has 4 aromatic heterocycles. The first-order chi connectivity index (χ1) is 25.3. The highest BCUT2D eigenvalue weighted by molar-refractivity contribution is 7.26. The molecule has 238 valence electrons. The van der Waals surface area contributed by atoms with Crippen LogP contribution in [0.1, 0.15) is 0 Å². The standard InChI is InChI=1S/C46H28N4S/c1-5-19-40-33(13-1)34-14-2-6-20-41(34)49(40)31-23-24-43-38(26-31)35-15-3-7-21-42(35)50(43)45-27-39(47-28-48-45)30-12-9-11-29(25-30)32-17-10-18-37-36-16-4-8-22-44(36)51-46(32)37/h1-28H. The Balaban J connectivity index is 1.06. The zero-order valence-electron chi connectivity index (χ0n) is 27.4. The summed E-state index contributed by atoms with van der Waals surface area (Å²) in [5, 5.41) is 7.50. The first-order valence-electron chi connectivity index (χ1n) is 17.2. The van der Waals surface area contributed by atoms with Gasteiger partial charge in [-0.05, 0) is 59.7 Å². The van der Waals surface area contributed by atoms with Gasteiger partial charge in [0, 0.05) is 59.0 Å². The predicted molar refractivity (Wildman–Crippen MR) is 214 cm³/mol. The molecule has 0 radical (unpaired) electrons. The van der Waals surface area contributed by atoms with Gasteiger partial charge in [-0.1, -0.05) is 109 Å². The Bertz CT molecular complexity index is 3110. The molecule has 0 spiro atoms. The monoisotopic (exact) mass is 668 g/mol. The maximum atomic E-state index is 4.86. The first kappa shape index (κ1) is 28.3. The molecule has 0 atom stereocenters. The fraction of sp³-hybridized carbons (Fsp3) is 0. The molecular formula is C46H28N4S. The summed E-state index contributed by atoms with van der Waals surface area (Å²) in [7, 11) is 0. The van der Waals surface area contributed by atoms with Crippen molar-refractivity contribution >= 4 is 75.1 Å². The Kier molecular flexibility index (Phi) is 6.09. The molecule has 0 fully saturated rings. The molecule has 0 aliphatic rings. The molecule has 0 saturated carbocycles. The third-order valence-corrected chi connectivity index (χ3v) is 11.5. The van der Waals surface area contributed by atoms with E-state index in [4.69, 9.17) is 9.97 Å². The van der Waals surface area contributed by atoms with Crippen LogP contribution in [0.3, 0.4) is 0 Å². The van der Waals surface area contributed by atoms with Crippen molar-refractivity contribution in [3.63, 3.8) is 0 Å². The van der Waals surface area contributed by atoms with Crippen molar-refractivity contribution in [2.24, 2.45) is 0 Å². The topological polar surface area (TPSA) is 35.6 Å². The van der Waals surface area contributed by atoms with Crippen LogP contribution >= 0.6 is 11.3 Å². The van der Waals surface area contributed by atoms with Crippen LogP contribution in [0.25, 0.3) is 97.7 Å². The molecule has 0 bridgehead atoms. The van der Waals surface area contributed by atoms with Crippen LogP contribution in [0.5, 0.6) is 0 Å². The van der Waals surface area contributed by atoms with Crippen molar-refractivity contribution in [2.45, 2.75) is 0 Å². The van der Waals surface area contributed by atoms with Gasteiger partial charge in [0.15, 0.2) is 0 Å². The normalized spacial score (nSPS) is 11.9. The predicted octanol–water partition coefficient (Wildman–Crippen LogP) is 12.4. The van der Waals surface area contributed by atoms with E-state index in [1.54, 1.807) is 6.33 Å². The van der Waals surface area contributed by atoms with Gasteiger partial charge in [0.2, 0.25) is 0 Å². The molecule has 4 heterocycles. The third kappa shape index (κ3) is 4.25. The second kappa shape index (κ2) is 11.0. The lowest BCUT2D eigenvalue weighted by Gasteiger charge is -2.11. The summed E-state index contributed by atoms with van der Waals surface area (Å²) in [5.41, 5.74) is 10.1. The second-order valence-electron chi connectivity index (χ2n) is 13.0. The van der Waals surface area contributed by atoms with E-state index in [0.29, 0.717) is 0 Å². The van der Waals surface area contributed by atoms with Crippen molar-refractivity contribution in [1.82, 2.24) is 19.1 Å². The van der Waals surface area contributed by atoms with E-state index < -0.39 is 0 Å². The number of hydrogen-bond acceptors (Lipinski definition) is 3. The second-order valence-corrected chi connectivity index (χ2v) is 14.1. The summed E-state index contributed by atoms with van der Waals surface area (Å²) in [4.78, 5) is 9.65. The number of fused-ring (bicyclic) bond motifs is 9. The molecule has 11 aromatic rings. The van der Waals surface area contributed by atoms with Gasteiger partial charge in [0.1, 0.15) is 12.1 Å². The van der Waals surface area contributed by atoms with Crippen LogP contribution in [-0.4, -0.2) is 19.1 Å². The maximum Gasteiger partial charge on any atom is 0.141 e. The quantitative estimate of drug-likeness (QED) is 0.187. The number of thiophene rings is 1. The summed E-state index contributed by atoms with van der Waals surface area (Å²) >= 11 is 1.86. The van der Waals surface area contributed by atoms with Crippen molar-refractivity contribution in [3.05, 3.63) is 170 Å². The lowest BCUT2D eigenvalue weighted by Crippen LogP contribution is -1.99. The largest absolute Gasteiger partial charge is 0.309 e. The minimum absolute atomic E-state index is 0.841. The molecular weight excluding hydrogens is 641 g/mol. The summed E-state index contributed by atoms with van der Waals surface area (Å²) in [6.45, 7) is 0. The number of para-hydroxylation sites is 3. The average Bonchev–Trinajstić information content (AvgIpc) is 3.86. The Hall–Kier alpha value is -6.56. The van der Waals surface area contributed by atoms with Crippen LogP contribution in [0.15, 0.2) is 170 Å². The fourth-order valence-electron chi connectivity index (χ4n) is 8.00. The van der Waals surface area contributed by atoms with Gasteiger partial charge >= 0.3 is 0 Å². The van der Waals surface area contributed by atoms with Gasteiger partial charge in [-0.25, -0.2) is 9.97 Å². The van der Waals surface area contributed by atoms with Crippen molar-refractivity contribution in [2.75, 3.05) is 0 Å². The Morgan fingerprint density at radius 1 is 0.412 bits per heavy atom. The summed E-state index contributed by atoms with van der Waals surface area (Å²) < 4.78 is 7.27. The van der Waals surface area contributed by atoms with Crippen LogP contribution in [0.4, 0.5) is 0 Å². The van der Waals surface area contributed by atoms with E-state index in [9.17, 15) is 0 Å². The van der Waals surface area contributed by atoms with Gasteiger partial charge in [-0.3, -0.25) is 4.57 Å². The molecule has 0 aliphatic heterocycles. The molecule has 0 amide bonds. The number of hydrogen-bond donors (Lipinski definition) is 0. The third-order valence-electron chi connectivity index (χ3n) is 10.2. The molecule has 0 unspecified atom stereocenters. The summed E-state index contributed by atoms with van der Waals surface area (Å²) in [6.07, 6.45) is 1.69. The smallest absolute Gasteiger partial charge is 0.141 e. The number of rotatable bonds is 4. The Morgan fingerprint density at radius 3 is 1.80 bits per heavy atom. The first-order valence-corrected chi connectivity index (χ1v) is 18.0. The molecule has 5 heteroatoms. The van der Waals surface area contributed by atoms with Crippen LogP contribution in [-0.2, 0) is 0 Å². The van der Waals surface area contributed by atoms with E-state index in [-0.39, 0.29) is 0 Å².